The van der Waals surface area contributed by atoms with Crippen LogP contribution < -0.4 is 5.32 Å². The van der Waals surface area contributed by atoms with E-state index in [2.05, 4.69) is 11.9 Å². The summed E-state index contributed by atoms with van der Waals surface area (Å²) >= 11 is 0. The lowest BCUT2D eigenvalue weighted by Crippen LogP contribution is -2.39. The maximum atomic E-state index is 11.3. The van der Waals surface area contributed by atoms with Crippen molar-refractivity contribution in [3.8, 4) is 0 Å². The summed E-state index contributed by atoms with van der Waals surface area (Å²) in [6, 6.07) is 9.31. The highest BCUT2D eigenvalue weighted by Gasteiger charge is 2.16. The largest absolute Gasteiger partial charge is 0.480 e. The molecule has 1 aromatic rings. The maximum Gasteiger partial charge on any atom is 0.321 e. The van der Waals surface area contributed by atoms with Gasteiger partial charge < -0.3 is 10.4 Å². The molecule has 0 aromatic heterocycles. The molecule has 0 saturated carbocycles. The van der Waals surface area contributed by atoms with Crippen molar-refractivity contribution in [2.75, 3.05) is 6.54 Å². The average Bonchev–Trinajstić information content (AvgIpc) is 2.56. The highest BCUT2D eigenvalue weighted by atomic mass is 16.4. The van der Waals surface area contributed by atoms with Crippen LogP contribution in [-0.4, -0.2) is 23.7 Å². The first-order valence-corrected chi connectivity index (χ1v) is 8.85. The molecule has 2 N–H and O–H groups in total. The van der Waals surface area contributed by atoms with Crippen molar-refractivity contribution >= 4 is 5.97 Å². The molecule has 0 saturated heterocycles. The van der Waals surface area contributed by atoms with Crippen molar-refractivity contribution in [3.05, 3.63) is 48.6 Å². The van der Waals surface area contributed by atoms with Gasteiger partial charge in [0.05, 0.1) is 0 Å². The van der Waals surface area contributed by atoms with Gasteiger partial charge in [0, 0.05) is 0 Å². The normalized spacial score (nSPS) is 12.0. The number of hydrogen-bond acceptors (Lipinski definition) is 2. The van der Waals surface area contributed by atoms with Gasteiger partial charge in [0.25, 0.3) is 0 Å². The second kappa shape index (κ2) is 12.9. The molecular weight excluding hydrogens is 286 g/mol. The van der Waals surface area contributed by atoms with E-state index in [1.807, 2.05) is 36.4 Å². The maximum absolute atomic E-state index is 11.3. The number of aliphatic carboxylic acids is 1. The molecule has 1 aromatic carbocycles. The Hall–Kier alpha value is -1.61. The van der Waals surface area contributed by atoms with Gasteiger partial charge in [-0.25, -0.2) is 0 Å². The number of carboxylic acids is 1. The van der Waals surface area contributed by atoms with Crippen LogP contribution in [0.15, 0.2) is 43.0 Å². The summed E-state index contributed by atoms with van der Waals surface area (Å²) in [6.45, 7) is 4.51. The second-order valence-corrected chi connectivity index (χ2v) is 6.09. The molecule has 3 heteroatoms. The van der Waals surface area contributed by atoms with Crippen LogP contribution in [0.1, 0.15) is 56.9 Å². The molecule has 23 heavy (non-hydrogen) atoms. The summed E-state index contributed by atoms with van der Waals surface area (Å²) in [5, 5.41) is 12.5. The molecule has 0 heterocycles. The molecule has 128 valence electrons. The van der Waals surface area contributed by atoms with Crippen molar-refractivity contribution in [1.82, 2.24) is 5.32 Å². The number of allylic oxidation sites excluding steroid dienone is 1. The monoisotopic (exact) mass is 317 g/mol. The lowest BCUT2D eigenvalue weighted by Gasteiger charge is -2.14. The number of benzene rings is 1. The molecule has 0 aliphatic rings. The molecule has 0 aliphatic carbocycles. The standard InChI is InChI=1S/C20H31NO2/c1-2-3-4-5-6-7-8-9-13-16-21-19(20(22)23)17-18-14-11-10-12-15-18/h2,10-12,14-15,19,21H,1,3-9,13,16-17H2,(H,22,23). The molecule has 0 bridgehead atoms. The van der Waals surface area contributed by atoms with Crippen molar-refractivity contribution in [2.45, 2.75) is 63.8 Å². The van der Waals surface area contributed by atoms with Gasteiger partial charge in [-0.2, -0.15) is 0 Å². The molecule has 3 nitrogen and oxygen atoms in total. The summed E-state index contributed by atoms with van der Waals surface area (Å²) in [7, 11) is 0. The Balaban J connectivity index is 2.07. The summed E-state index contributed by atoms with van der Waals surface area (Å²) in [4.78, 5) is 11.3. The molecule has 0 radical (unpaired) electrons. The van der Waals surface area contributed by atoms with E-state index in [0.717, 1.165) is 24.9 Å². The lowest BCUT2D eigenvalue weighted by molar-refractivity contribution is -0.139. The third-order valence-corrected chi connectivity index (χ3v) is 4.06. The number of hydrogen-bond donors (Lipinski definition) is 2. The third kappa shape index (κ3) is 9.90. The number of rotatable bonds is 14. The fourth-order valence-electron chi connectivity index (χ4n) is 2.67. The quantitative estimate of drug-likeness (QED) is 0.390. The number of nitrogens with one attached hydrogen (secondary N) is 1. The molecule has 1 rings (SSSR count). The van der Waals surface area contributed by atoms with Crippen molar-refractivity contribution < 1.29 is 9.90 Å². The van der Waals surface area contributed by atoms with Crippen LogP contribution >= 0.6 is 0 Å². The Morgan fingerprint density at radius 1 is 1.04 bits per heavy atom. The van der Waals surface area contributed by atoms with Crippen LogP contribution in [0.3, 0.4) is 0 Å². The van der Waals surface area contributed by atoms with Crippen LogP contribution in [0.5, 0.6) is 0 Å². The predicted molar refractivity (Wildman–Crippen MR) is 96.7 cm³/mol. The van der Waals surface area contributed by atoms with E-state index in [-0.39, 0.29) is 0 Å². The highest BCUT2D eigenvalue weighted by molar-refractivity contribution is 5.73. The molecule has 1 unspecified atom stereocenters. The zero-order valence-corrected chi connectivity index (χ0v) is 14.2. The first-order chi connectivity index (χ1) is 11.2. The van der Waals surface area contributed by atoms with E-state index in [0.29, 0.717) is 6.42 Å². The first kappa shape index (κ1) is 19.4. The van der Waals surface area contributed by atoms with Crippen LogP contribution in [-0.2, 0) is 11.2 Å². The minimum absolute atomic E-state index is 0.490. The topological polar surface area (TPSA) is 49.3 Å². The third-order valence-electron chi connectivity index (χ3n) is 4.06. The first-order valence-electron chi connectivity index (χ1n) is 8.85. The Bertz CT molecular complexity index is 431. The highest BCUT2D eigenvalue weighted by Crippen LogP contribution is 2.09. The van der Waals surface area contributed by atoms with Crippen molar-refractivity contribution in [2.24, 2.45) is 0 Å². The Morgan fingerprint density at radius 2 is 1.65 bits per heavy atom. The van der Waals surface area contributed by atoms with E-state index >= 15 is 0 Å². The van der Waals surface area contributed by atoms with E-state index in [9.17, 15) is 9.90 Å². The SMILES string of the molecule is C=CCCCCCCCCCNC(Cc1ccccc1)C(=O)O. The fourth-order valence-corrected chi connectivity index (χ4v) is 2.67. The lowest BCUT2D eigenvalue weighted by atomic mass is 10.1. The average molecular weight is 317 g/mol. The molecule has 0 aliphatic heterocycles. The summed E-state index contributed by atoms with van der Waals surface area (Å²) in [6.07, 6.45) is 12.2. The molecule has 0 fully saturated rings. The summed E-state index contributed by atoms with van der Waals surface area (Å²) < 4.78 is 0. The second-order valence-electron chi connectivity index (χ2n) is 6.09. The van der Waals surface area contributed by atoms with E-state index < -0.39 is 12.0 Å². The summed E-state index contributed by atoms with van der Waals surface area (Å²) in [5.41, 5.74) is 1.06. The molecular formula is C20H31NO2. The minimum atomic E-state index is -0.768. The Labute approximate surface area is 140 Å². The van der Waals surface area contributed by atoms with Gasteiger partial charge in [0.1, 0.15) is 6.04 Å². The van der Waals surface area contributed by atoms with Gasteiger partial charge in [-0.3, -0.25) is 4.79 Å². The van der Waals surface area contributed by atoms with Crippen LogP contribution in [0, 0.1) is 0 Å². The summed E-state index contributed by atoms with van der Waals surface area (Å²) in [5.74, 6) is -0.768. The van der Waals surface area contributed by atoms with E-state index in [1.165, 1.54) is 38.5 Å². The van der Waals surface area contributed by atoms with Gasteiger partial charge in [-0.15, -0.1) is 6.58 Å². The number of unbranched alkanes of at least 4 members (excludes halogenated alkanes) is 7. The number of carboxylic acid groups (broad SMARTS) is 1. The van der Waals surface area contributed by atoms with Crippen molar-refractivity contribution in [3.63, 3.8) is 0 Å². The smallest absolute Gasteiger partial charge is 0.321 e. The van der Waals surface area contributed by atoms with Crippen LogP contribution in [0.2, 0.25) is 0 Å². The van der Waals surface area contributed by atoms with E-state index in [4.69, 9.17) is 0 Å². The fraction of sp³-hybridized carbons (Fsp3) is 0.550. The Kier molecular flexibility index (Phi) is 10.9. The predicted octanol–water partition coefficient (Wildman–Crippen LogP) is 4.58. The van der Waals surface area contributed by atoms with Gasteiger partial charge in [-0.1, -0.05) is 68.5 Å². The van der Waals surface area contributed by atoms with Gasteiger partial charge >= 0.3 is 5.97 Å². The van der Waals surface area contributed by atoms with Crippen LogP contribution in [0.25, 0.3) is 0 Å². The molecule has 0 spiro atoms. The molecule has 1 atom stereocenters. The van der Waals surface area contributed by atoms with Gasteiger partial charge in [-0.05, 0) is 37.8 Å². The van der Waals surface area contributed by atoms with Crippen LogP contribution in [0.4, 0.5) is 0 Å². The van der Waals surface area contributed by atoms with Gasteiger partial charge in [0.2, 0.25) is 0 Å². The molecule has 0 amide bonds. The zero-order valence-electron chi connectivity index (χ0n) is 14.2. The number of carbonyl (C=O) groups is 1. The zero-order chi connectivity index (χ0) is 16.8. The van der Waals surface area contributed by atoms with Gasteiger partial charge in [0.15, 0.2) is 0 Å². The minimum Gasteiger partial charge on any atom is -0.480 e. The Morgan fingerprint density at radius 3 is 2.26 bits per heavy atom. The van der Waals surface area contributed by atoms with E-state index in [1.54, 1.807) is 0 Å². The van der Waals surface area contributed by atoms with Crippen molar-refractivity contribution in [1.29, 1.82) is 0 Å².